The summed E-state index contributed by atoms with van der Waals surface area (Å²) in [4.78, 5) is 1.18. The van der Waals surface area contributed by atoms with Crippen LogP contribution in [0.4, 0.5) is 0 Å². The first kappa shape index (κ1) is 18.6. The predicted molar refractivity (Wildman–Crippen MR) is 113 cm³/mol. The highest BCUT2D eigenvalue weighted by Gasteiger charge is 2.52. The zero-order valence-electron chi connectivity index (χ0n) is 15.3. The maximum atomic E-state index is 12.0. The van der Waals surface area contributed by atoms with Crippen molar-refractivity contribution < 1.29 is 13.2 Å². The molecule has 3 aliphatic heterocycles. The summed E-state index contributed by atoms with van der Waals surface area (Å²) < 4.78 is 33.0. The third-order valence-electron chi connectivity index (χ3n) is 5.74. The molecule has 1 unspecified atom stereocenters. The lowest BCUT2D eigenvalue weighted by atomic mass is 9.92. The van der Waals surface area contributed by atoms with Gasteiger partial charge in [0.2, 0.25) is 15.7 Å². The van der Waals surface area contributed by atoms with Crippen molar-refractivity contribution in [2.45, 2.75) is 31.0 Å². The van der Waals surface area contributed by atoms with E-state index in [1.807, 2.05) is 18.2 Å². The Morgan fingerprint density at radius 3 is 2.75 bits per heavy atom. The van der Waals surface area contributed by atoms with Crippen molar-refractivity contribution in [3.05, 3.63) is 50.6 Å². The SMILES string of the molecule is CS(=O)(=O)N1CCC2(CC1)Oc1ccc(Br)cc1C1CC(c3cccs3)=NN12. The number of thiophene rings is 1. The predicted octanol–water partition coefficient (Wildman–Crippen LogP) is 3.81. The van der Waals surface area contributed by atoms with Gasteiger partial charge in [0.15, 0.2) is 0 Å². The van der Waals surface area contributed by atoms with Gasteiger partial charge in [-0.3, -0.25) is 0 Å². The van der Waals surface area contributed by atoms with E-state index in [9.17, 15) is 8.42 Å². The number of nitrogens with zero attached hydrogens (tertiary/aromatic N) is 3. The molecule has 4 heterocycles. The number of halogens is 1. The van der Waals surface area contributed by atoms with E-state index in [-0.39, 0.29) is 6.04 Å². The molecule has 0 aliphatic carbocycles. The molecule has 5 rings (SSSR count). The number of piperidine rings is 1. The van der Waals surface area contributed by atoms with Crippen LogP contribution >= 0.6 is 27.3 Å². The lowest BCUT2D eigenvalue weighted by Gasteiger charge is -2.50. The smallest absolute Gasteiger partial charge is 0.211 e. The van der Waals surface area contributed by atoms with E-state index < -0.39 is 15.7 Å². The summed E-state index contributed by atoms with van der Waals surface area (Å²) in [5.41, 5.74) is 1.59. The summed E-state index contributed by atoms with van der Waals surface area (Å²) in [6.07, 6.45) is 3.27. The van der Waals surface area contributed by atoms with Gasteiger partial charge < -0.3 is 4.74 Å². The molecular weight excluding hydrogens is 462 g/mol. The van der Waals surface area contributed by atoms with Crippen LogP contribution in [0.25, 0.3) is 0 Å². The van der Waals surface area contributed by atoms with Crippen molar-refractivity contribution in [1.82, 2.24) is 9.31 Å². The highest BCUT2D eigenvalue weighted by atomic mass is 79.9. The molecule has 1 spiro atoms. The summed E-state index contributed by atoms with van der Waals surface area (Å²) >= 11 is 5.27. The minimum atomic E-state index is -3.20. The van der Waals surface area contributed by atoms with E-state index in [0.717, 1.165) is 27.9 Å². The van der Waals surface area contributed by atoms with Crippen molar-refractivity contribution in [3.8, 4) is 5.75 Å². The summed E-state index contributed by atoms with van der Waals surface area (Å²) in [6, 6.07) is 10.3. The second kappa shape index (κ2) is 6.55. The Labute approximate surface area is 177 Å². The highest BCUT2D eigenvalue weighted by molar-refractivity contribution is 9.10. The average molecular weight is 482 g/mol. The van der Waals surface area contributed by atoms with Crippen LogP contribution in [0.1, 0.15) is 35.7 Å². The molecule has 1 aromatic carbocycles. The third kappa shape index (κ3) is 2.99. The van der Waals surface area contributed by atoms with Gasteiger partial charge in [0.05, 0.1) is 22.9 Å². The minimum absolute atomic E-state index is 0.100. The van der Waals surface area contributed by atoms with Crippen molar-refractivity contribution in [1.29, 1.82) is 0 Å². The topological polar surface area (TPSA) is 62.2 Å². The number of hydrogen-bond acceptors (Lipinski definition) is 6. The quantitative estimate of drug-likeness (QED) is 0.654. The summed E-state index contributed by atoms with van der Waals surface area (Å²) in [5, 5.41) is 9.17. The maximum absolute atomic E-state index is 12.0. The number of rotatable bonds is 2. The number of benzene rings is 1. The molecule has 0 bridgehead atoms. The Hall–Kier alpha value is -1.42. The van der Waals surface area contributed by atoms with E-state index in [2.05, 4.69) is 38.5 Å². The van der Waals surface area contributed by atoms with Gasteiger partial charge in [-0.25, -0.2) is 17.7 Å². The van der Waals surface area contributed by atoms with Gasteiger partial charge in [0.1, 0.15) is 5.75 Å². The monoisotopic (exact) mass is 481 g/mol. The first-order valence-electron chi connectivity index (χ1n) is 9.20. The zero-order chi connectivity index (χ0) is 19.5. The van der Waals surface area contributed by atoms with Crippen LogP contribution in [-0.2, 0) is 10.0 Å². The van der Waals surface area contributed by atoms with Gasteiger partial charge in [-0.15, -0.1) is 11.3 Å². The standard InChI is InChI=1S/C19H20BrN3O3S2/c1-28(24,25)22-8-6-19(7-9-22)23-16(12-15(21-23)18-3-2-10-27-18)14-11-13(20)4-5-17(14)26-19/h2-5,10-11,16H,6-9,12H2,1H3. The summed E-state index contributed by atoms with van der Waals surface area (Å²) in [6.45, 7) is 0.884. The molecule has 0 saturated carbocycles. The average Bonchev–Trinajstić information content (AvgIpc) is 3.32. The van der Waals surface area contributed by atoms with Crippen molar-refractivity contribution in [2.75, 3.05) is 19.3 Å². The molecule has 2 aromatic rings. The molecule has 0 radical (unpaired) electrons. The molecule has 0 amide bonds. The molecule has 3 aliphatic rings. The van der Waals surface area contributed by atoms with E-state index >= 15 is 0 Å². The van der Waals surface area contributed by atoms with Gasteiger partial charge in [0.25, 0.3) is 0 Å². The first-order chi connectivity index (χ1) is 13.4. The molecular formula is C19H20BrN3O3S2. The third-order valence-corrected chi connectivity index (χ3v) is 8.45. The van der Waals surface area contributed by atoms with Crippen LogP contribution in [0.3, 0.4) is 0 Å². The number of ether oxygens (including phenoxy) is 1. The van der Waals surface area contributed by atoms with Crippen LogP contribution in [0.5, 0.6) is 5.75 Å². The second-order valence-electron chi connectivity index (χ2n) is 7.48. The molecule has 1 saturated heterocycles. The van der Waals surface area contributed by atoms with Gasteiger partial charge in [-0.1, -0.05) is 22.0 Å². The Kier molecular flexibility index (Phi) is 4.35. The van der Waals surface area contributed by atoms with Crippen LogP contribution < -0.4 is 4.74 Å². The number of hydrogen-bond donors (Lipinski definition) is 0. The van der Waals surface area contributed by atoms with E-state index in [0.29, 0.717) is 25.9 Å². The highest BCUT2D eigenvalue weighted by Crippen LogP contribution is 2.50. The molecule has 9 heteroatoms. The Morgan fingerprint density at radius 1 is 1.29 bits per heavy atom. The first-order valence-corrected chi connectivity index (χ1v) is 12.7. The van der Waals surface area contributed by atoms with Crippen LogP contribution in [0.15, 0.2) is 45.3 Å². The summed E-state index contributed by atoms with van der Waals surface area (Å²) in [7, 11) is -3.20. The normalized spacial score (nSPS) is 23.9. The van der Waals surface area contributed by atoms with E-state index in [1.54, 1.807) is 11.3 Å². The van der Waals surface area contributed by atoms with Gasteiger partial charge in [-0.05, 0) is 29.6 Å². The fourth-order valence-electron chi connectivity index (χ4n) is 4.34. The van der Waals surface area contributed by atoms with Crippen LogP contribution in [0.2, 0.25) is 0 Å². The van der Waals surface area contributed by atoms with E-state index in [4.69, 9.17) is 9.84 Å². The Balaban J connectivity index is 1.55. The zero-order valence-corrected chi connectivity index (χ0v) is 18.6. The van der Waals surface area contributed by atoms with Crippen molar-refractivity contribution >= 4 is 43.0 Å². The largest absolute Gasteiger partial charge is 0.466 e. The molecule has 1 aromatic heterocycles. The fraction of sp³-hybridized carbons (Fsp3) is 0.421. The van der Waals surface area contributed by atoms with E-state index in [1.165, 1.54) is 15.4 Å². The molecule has 0 N–H and O–H groups in total. The number of fused-ring (bicyclic) bond motifs is 4. The maximum Gasteiger partial charge on any atom is 0.211 e. The van der Waals surface area contributed by atoms with Gasteiger partial charge in [0, 0.05) is 42.4 Å². The van der Waals surface area contributed by atoms with Gasteiger partial charge in [-0.2, -0.15) is 5.10 Å². The minimum Gasteiger partial charge on any atom is -0.466 e. The van der Waals surface area contributed by atoms with Crippen molar-refractivity contribution in [2.24, 2.45) is 5.10 Å². The lowest BCUT2D eigenvalue weighted by Crippen LogP contribution is -2.59. The molecule has 1 fully saturated rings. The van der Waals surface area contributed by atoms with Gasteiger partial charge >= 0.3 is 0 Å². The van der Waals surface area contributed by atoms with Crippen LogP contribution in [-0.4, -0.2) is 48.5 Å². The Bertz CT molecular complexity index is 1040. The Morgan fingerprint density at radius 2 is 2.07 bits per heavy atom. The van der Waals surface area contributed by atoms with Crippen LogP contribution in [0, 0.1) is 0 Å². The molecule has 1 atom stereocenters. The number of sulfonamides is 1. The summed E-state index contributed by atoms with van der Waals surface area (Å²) in [5.74, 6) is 0.875. The fourth-order valence-corrected chi connectivity index (χ4v) is 6.29. The lowest BCUT2D eigenvalue weighted by molar-refractivity contribution is -0.143. The van der Waals surface area contributed by atoms with Crippen molar-refractivity contribution in [3.63, 3.8) is 0 Å². The number of hydrazone groups is 1. The molecule has 6 nitrogen and oxygen atoms in total. The molecule has 28 heavy (non-hydrogen) atoms. The molecule has 148 valence electrons. The second-order valence-corrected chi connectivity index (χ2v) is 11.3.